The Labute approximate surface area is 212 Å². The van der Waals surface area contributed by atoms with Crippen LogP contribution in [0.15, 0.2) is 43.1 Å². The van der Waals surface area contributed by atoms with Crippen molar-refractivity contribution < 1.29 is 14.3 Å². The van der Waals surface area contributed by atoms with E-state index < -0.39 is 0 Å². The summed E-state index contributed by atoms with van der Waals surface area (Å²) in [6.07, 6.45) is 3.28. The molecule has 6 rings (SSSR count). The van der Waals surface area contributed by atoms with Crippen molar-refractivity contribution in [3.8, 4) is 5.75 Å². The zero-order valence-corrected chi connectivity index (χ0v) is 20.9. The summed E-state index contributed by atoms with van der Waals surface area (Å²) in [4.78, 5) is 25.7. The molecular weight excluding hydrogens is 456 g/mol. The minimum absolute atomic E-state index is 0.0272. The van der Waals surface area contributed by atoms with Crippen molar-refractivity contribution in [2.24, 2.45) is 0 Å². The number of rotatable bonds is 4. The molecule has 1 N–H and O–H groups in total. The summed E-state index contributed by atoms with van der Waals surface area (Å²) < 4.78 is 11.8. The second-order valence-electron chi connectivity index (χ2n) is 10.0. The molecule has 3 saturated heterocycles. The van der Waals surface area contributed by atoms with E-state index in [9.17, 15) is 4.79 Å². The minimum atomic E-state index is 0.0272. The van der Waals surface area contributed by atoms with E-state index in [1.54, 1.807) is 0 Å². The van der Waals surface area contributed by atoms with Crippen LogP contribution in [0.2, 0.25) is 0 Å². The van der Waals surface area contributed by atoms with Crippen molar-refractivity contribution in [2.75, 3.05) is 76.3 Å². The average molecular weight is 491 g/mol. The van der Waals surface area contributed by atoms with Crippen LogP contribution >= 0.6 is 0 Å². The predicted molar refractivity (Wildman–Crippen MR) is 139 cm³/mol. The van der Waals surface area contributed by atoms with Gasteiger partial charge in [0, 0.05) is 69.8 Å². The smallest absolute Gasteiger partial charge is 0.246 e. The molecule has 9 nitrogen and oxygen atoms in total. The lowest BCUT2D eigenvalue weighted by molar-refractivity contribution is -0.134. The summed E-state index contributed by atoms with van der Waals surface area (Å²) in [7, 11) is 2.19. The maximum atomic E-state index is 11.9. The van der Waals surface area contributed by atoms with Gasteiger partial charge in [0.25, 0.3) is 0 Å². The number of likely N-dealkylation sites (N-methyl/N-ethyl adjacent to an activating group) is 1. The van der Waals surface area contributed by atoms with Gasteiger partial charge >= 0.3 is 0 Å². The zero-order chi connectivity index (χ0) is 24.6. The van der Waals surface area contributed by atoms with E-state index in [0.29, 0.717) is 12.6 Å². The number of anilines is 3. The number of piperazine rings is 1. The Hall–Kier alpha value is -3.14. The molecule has 9 heteroatoms. The van der Waals surface area contributed by atoms with Crippen LogP contribution in [0, 0.1) is 0 Å². The Morgan fingerprint density at radius 2 is 1.97 bits per heavy atom. The molecule has 1 atom stereocenters. The third kappa shape index (κ3) is 4.31. The maximum Gasteiger partial charge on any atom is 0.246 e. The van der Waals surface area contributed by atoms with E-state index in [2.05, 4.69) is 62.9 Å². The fraction of sp³-hybridized carbons (Fsp3) is 0.481. The van der Waals surface area contributed by atoms with Gasteiger partial charge in [-0.3, -0.25) is 14.6 Å². The van der Waals surface area contributed by atoms with Crippen molar-refractivity contribution in [1.29, 1.82) is 0 Å². The Kier molecular flexibility index (Phi) is 6.29. The second kappa shape index (κ2) is 9.72. The number of nitrogens with one attached hydrogen (secondary N) is 1. The van der Waals surface area contributed by atoms with Crippen molar-refractivity contribution in [1.82, 2.24) is 19.7 Å². The highest BCUT2D eigenvalue weighted by Gasteiger charge is 2.37. The molecule has 5 heterocycles. The number of pyridine rings is 1. The van der Waals surface area contributed by atoms with E-state index in [4.69, 9.17) is 9.47 Å². The molecule has 0 spiro atoms. The number of likely N-dealkylation sites (tertiary alicyclic amines) is 1. The lowest BCUT2D eigenvalue weighted by atomic mass is 9.98. The Bertz CT molecular complexity index is 1140. The first-order valence-corrected chi connectivity index (χ1v) is 12.8. The third-order valence-corrected chi connectivity index (χ3v) is 7.94. The second-order valence-corrected chi connectivity index (χ2v) is 10.0. The summed E-state index contributed by atoms with van der Waals surface area (Å²) >= 11 is 0. The van der Waals surface area contributed by atoms with Gasteiger partial charge in [0.2, 0.25) is 5.91 Å². The van der Waals surface area contributed by atoms with E-state index in [0.717, 1.165) is 87.5 Å². The van der Waals surface area contributed by atoms with Gasteiger partial charge in [0.1, 0.15) is 18.2 Å². The molecule has 3 fully saturated rings. The van der Waals surface area contributed by atoms with Gasteiger partial charge in [-0.15, -0.1) is 0 Å². The van der Waals surface area contributed by atoms with E-state index in [1.807, 2.05) is 11.1 Å². The van der Waals surface area contributed by atoms with Crippen LogP contribution in [0.4, 0.5) is 17.2 Å². The average Bonchev–Trinajstić information content (AvgIpc) is 3.07. The number of carbonyl (C=O) groups is 1. The van der Waals surface area contributed by atoms with Crippen LogP contribution in [-0.2, 0) is 16.1 Å². The van der Waals surface area contributed by atoms with Crippen molar-refractivity contribution in [2.45, 2.75) is 18.7 Å². The highest BCUT2D eigenvalue weighted by molar-refractivity contribution is 5.87. The molecule has 4 aliphatic rings. The van der Waals surface area contributed by atoms with Gasteiger partial charge in [-0.25, -0.2) is 4.98 Å². The number of morpholine rings is 1. The lowest BCUT2D eigenvalue weighted by Crippen LogP contribution is -2.64. The van der Waals surface area contributed by atoms with Gasteiger partial charge in [-0.2, -0.15) is 0 Å². The van der Waals surface area contributed by atoms with Crippen LogP contribution in [0.25, 0.3) is 0 Å². The van der Waals surface area contributed by atoms with E-state index >= 15 is 0 Å². The lowest BCUT2D eigenvalue weighted by Gasteiger charge is -2.49. The fourth-order valence-corrected chi connectivity index (χ4v) is 5.67. The number of ether oxygens (including phenoxy) is 2. The van der Waals surface area contributed by atoms with Gasteiger partial charge in [-0.05, 0) is 36.9 Å². The number of nitrogens with zero attached hydrogens (tertiary/aromatic N) is 5. The summed E-state index contributed by atoms with van der Waals surface area (Å²) in [6, 6.07) is 9.25. The zero-order valence-electron chi connectivity index (χ0n) is 20.9. The summed E-state index contributed by atoms with van der Waals surface area (Å²) in [5, 5.41) is 3.58. The standard InChI is InChI=1S/C27H34N6O3/c1-3-26(34)33-15-20(16-33)32-9-8-30(2)24(17-32)19-4-5-25-22(14-19)29-27-21(18-36-25)23(6-7-28-27)31-10-12-35-13-11-31/h3-7,14,20,24H,1,8-13,15-18H2,2H3,(H,28,29)/t24-/m1/s1. The monoisotopic (exact) mass is 490 g/mol. The molecule has 0 saturated carbocycles. The first-order valence-electron chi connectivity index (χ1n) is 12.8. The van der Waals surface area contributed by atoms with Crippen molar-refractivity contribution >= 4 is 23.1 Å². The molecule has 0 aliphatic carbocycles. The third-order valence-electron chi connectivity index (χ3n) is 7.94. The highest BCUT2D eigenvalue weighted by Crippen LogP contribution is 2.39. The van der Waals surface area contributed by atoms with E-state index in [1.165, 1.54) is 11.6 Å². The first kappa shape index (κ1) is 23.3. The molecule has 190 valence electrons. The van der Waals surface area contributed by atoms with Gasteiger partial charge in [-0.1, -0.05) is 12.6 Å². The number of carbonyl (C=O) groups excluding carboxylic acids is 1. The number of aromatic nitrogens is 1. The van der Waals surface area contributed by atoms with Crippen LogP contribution in [0.5, 0.6) is 5.75 Å². The normalized spacial score (nSPS) is 23.0. The van der Waals surface area contributed by atoms with Crippen LogP contribution in [0.3, 0.4) is 0 Å². The maximum absolute atomic E-state index is 11.9. The first-order chi connectivity index (χ1) is 17.6. The van der Waals surface area contributed by atoms with Gasteiger partial charge in [0.05, 0.1) is 24.5 Å². The number of amides is 1. The summed E-state index contributed by atoms with van der Waals surface area (Å²) in [5.74, 6) is 1.73. The van der Waals surface area contributed by atoms with Crippen molar-refractivity contribution in [3.05, 3.63) is 54.2 Å². The number of hydrogen-bond donors (Lipinski definition) is 1. The molecule has 2 aromatic rings. The van der Waals surface area contributed by atoms with Gasteiger partial charge in [0.15, 0.2) is 0 Å². The predicted octanol–water partition coefficient (Wildman–Crippen LogP) is 2.24. The Balaban J connectivity index is 1.20. The topological polar surface area (TPSA) is 73.4 Å². The quantitative estimate of drug-likeness (QED) is 0.655. The molecule has 0 unspecified atom stereocenters. The Morgan fingerprint density at radius 1 is 1.14 bits per heavy atom. The van der Waals surface area contributed by atoms with Gasteiger partial charge < -0.3 is 24.6 Å². The molecular formula is C27H34N6O3. The number of benzene rings is 1. The molecule has 0 bridgehead atoms. The minimum Gasteiger partial charge on any atom is -0.487 e. The molecule has 1 aromatic carbocycles. The Morgan fingerprint density at radius 3 is 2.78 bits per heavy atom. The number of hydrogen-bond acceptors (Lipinski definition) is 8. The van der Waals surface area contributed by atoms with Crippen LogP contribution in [0.1, 0.15) is 17.2 Å². The SMILES string of the molecule is C=CC(=O)N1CC(N2CCN(C)[C@@H](c3ccc4c(c3)Nc3nccc(N5CCOCC5)c3CO4)C2)C1. The van der Waals surface area contributed by atoms with Crippen LogP contribution < -0.4 is 15.0 Å². The molecule has 1 amide bonds. The van der Waals surface area contributed by atoms with Crippen LogP contribution in [-0.4, -0.2) is 97.7 Å². The number of fused-ring (bicyclic) bond motifs is 2. The molecule has 1 aromatic heterocycles. The highest BCUT2D eigenvalue weighted by atomic mass is 16.5. The van der Waals surface area contributed by atoms with Crippen molar-refractivity contribution in [3.63, 3.8) is 0 Å². The summed E-state index contributed by atoms with van der Waals surface area (Å²) in [6.45, 7) is 11.8. The van der Waals surface area contributed by atoms with E-state index in [-0.39, 0.29) is 11.9 Å². The molecule has 36 heavy (non-hydrogen) atoms. The molecule has 4 aliphatic heterocycles. The fourth-order valence-electron chi connectivity index (χ4n) is 5.67. The largest absolute Gasteiger partial charge is 0.487 e. The molecule has 0 radical (unpaired) electrons. The summed E-state index contributed by atoms with van der Waals surface area (Å²) in [5.41, 5.74) is 4.45.